The van der Waals surface area contributed by atoms with Crippen LogP contribution in [0.1, 0.15) is 88.2 Å². The number of ether oxygens (including phenoxy) is 8. The molecular formula is C48H60N4O10. The molecule has 2 unspecified atom stereocenters. The Morgan fingerprint density at radius 1 is 0.516 bits per heavy atom. The first-order valence-electron chi connectivity index (χ1n) is 21.6. The van der Waals surface area contributed by atoms with Gasteiger partial charge >= 0.3 is 11.9 Å². The van der Waals surface area contributed by atoms with Crippen molar-refractivity contribution in [2.75, 3.05) is 39.6 Å². The lowest BCUT2D eigenvalue weighted by molar-refractivity contribution is -0.326. The minimum atomic E-state index is -0.732. The molecule has 4 aromatic rings. The number of hydrogen-bond donors (Lipinski definition) is 0. The van der Waals surface area contributed by atoms with E-state index in [1.165, 1.54) is 12.2 Å². The molecule has 0 N–H and O–H groups in total. The van der Waals surface area contributed by atoms with Gasteiger partial charge in [-0.3, -0.25) is 0 Å². The van der Waals surface area contributed by atoms with Gasteiger partial charge in [0.15, 0.2) is 11.6 Å². The molecule has 0 bridgehead atoms. The molecule has 1 fully saturated rings. The number of rotatable bonds is 30. The van der Waals surface area contributed by atoms with Crippen molar-refractivity contribution in [2.45, 2.75) is 103 Å². The zero-order chi connectivity index (χ0) is 43.5. The van der Waals surface area contributed by atoms with Gasteiger partial charge in [-0.25, -0.2) is 29.5 Å². The molecule has 1 aliphatic heterocycles. The number of esters is 2. The highest BCUT2D eigenvalue weighted by atomic mass is 16.8. The second-order valence-corrected chi connectivity index (χ2v) is 14.7. The van der Waals surface area contributed by atoms with Crippen LogP contribution in [0.4, 0.5) is 0 Å². The molecule has 14 heteroatoms. The Labute approximate surface area is 365 Å². The molecule has 2 atom stereocenters. The standard InChI is InChI=1S/C48H60N4O10/c1-3-43(53)57-27-15-11-7-5-9-13-25-55-41-21-17-39(18-22-41)45-49-31-37(32-50-45)35-61-47-48(60-30-29-59-47)62-36-38-33-51-46(52-34-38)40-19-23-42(24-20-40)56-26-14-10-6-8-12-16-28-58-44(54)4-2/h3-4,17-24,31-34,47-48H,1-2,5-16,25-30,35-36H2. The summed E-state index contributed by atoms with van der Waals surface area (Å²) in [6, 6.07) is 15.5. The lowest BCUT2D eigenvalue weighted by Gasteiger charge is -2.31. The molecule has 332 valence electrons. The fourth-order valence-electron chi connectivity index (χ4n) is 6.32. The molecule has 2 aromatic carbocycles. The maximum Gasteiger partial charge on any atom is 0.330 e. The maximum atomic E-state index is 11.1. The van der Waals surface area contributed by atoms with E-state index < -0.39 is 12.6 Å². The van der Waals surface area contributed by atoms with Crippen molar-refractivity contribution in [3.05, 3.63) is 110 Å². The number of hydrogen-bond acceptors (Lipinski definition) is 14. The summed E-state index contributed by atoms with van der Waals surface area (Å²) in [5.41, 5.74) is 3.34. The van der Waals surface area contributed by atoms with E-state index in [1.54, 1.807) is 24.8 Å². The Bertz CT molecular complexity index is 1750. The number of carbonyl (C=O) groups excluding carboxylic acids is 2. The minimum absolute atomic E-state index is 0.215. The quantitative estimate of drug-likeness (QED) is 0.0278. The molecule has 1 aliphatic rings. The molecule has 0 radical (unpaired) electrons. The van der Waals surface area contributed by atoms with E-state index in [9.17, 15) is 9.59 Å². The predicted molar refractivity (Wildman–Crippen MR) is 233 cm³/mol. The van der Waals surface area contributed by atoms with Crippen LogP contribution in [0.15, 0.2) is 98.6 Å². The molecule has 0 aliphatic carbocycles. The monoisotopic (exact) mass is 852 g/mol. The Balaban J connectivity index is 0.943. The Hall–Kier alpha value is -5.54. The minimum Gasteiger partial charge on any atom is -0.494 e. The molecule has 0 spiro atoms. The van der Waals surface area contributed by atoms with Gasteiger partial charge in [0.1, 0.15) is 11.5 Å². The van der Waals surface area contributed by atoms with Gasteiger partial charge in [-0.15, -0.1) is 0 Å². The SMILES string of the molecule is C=CC(=O)OCCCCCCCCOc1ccc(-c2ncc(COC3OCCOC3OCc3cnc(-c4ccc(OCCCCCCCCOC(=O)C=C)cc4)nc3)cn2)cc1. The average Bonchev–Trinajstić information content (AvgIpc) is 3.32. The second-order valence-electron chi connectivity index (χ2n) is 14.7. The lowest BCUT2D eigenvalue weighted by Crippen LogP contribution is -2.41. The van der Waals surface area contributed by atoms with E-state index in [2.05, 4.69) is 33.1 Å². The van der Waals surface area contributed by atoms with Gasteiger partial charge in [-0.2, -0.15) is 0 Å². The van der Waals surface area contributed by atoms with Crippen LogP contribution in [0, 0.1) is 0 Å². The molecule has 3 heterocycles. The molecule has 0 saturated carbocycles. The van der Waals surface area contributed by atoms with Gasteiger partial charge in [0.05, 0.1) is 52.9 Å². The van der Waals surface area contributed by atoms with Crippen molar-refractivity contribution in [1.82, 2.24) is 19.9 Å². The number of aromatic nitrogens is 4. The molecule has 2 aromatic heterocycles. The second kappa shape index (κ2) is 28.1. The van der Waals surface area contributed by atoms with Gasteiger partial charge in [0, 0.05) is 59.2 Å². The van der Waals surface area contributed by atoms with Crippen molar-refractivity contribution in [3.8, 4) is 34.3 Å². The summed E-state index contributed by atoms with van der Waals surface area (Å²) in [7, 11) is 0. The smallest absolute Gasteiger partial charge is 0.330 e. The van der Waals surface area contributed by atoms with Crippen molar-refractivity contribution in [3.63, 3.8) is 0 Å². The largest absolute Gasteiger partial charge is 0.494 e. The van der Waals surface area contributed by atoms with Gasteiger partial charge < -0.3 is 37.9 Å². The molecule has 14 nitrogen and oxygen atoms in total. The van der Waals surface area contributed by atoms with Crippen LogP contribution in [0.3, 0.4) is 0 Å². The molecule has 5 rings (SSSR count). The van der Waals surface area contributed by atoms with Crippen molar-refractivity contribution in [2.24, 2.45) is 0 Å². The van der Waals surface area contributed by atoms with E-state index >= 15 is 0 Å². The lowest BCUT2D eigenvalue weighted by atomic mass is 10.1. The van der Waals surface area contributed by atoms with Crippen LogP contribution in [0.25, 0.3) is 22.8 Å². The summed E-state index contributed by atoms with van der Waals surface area (Å²) in [4.78, 5) is 40.3. The van der Waals surface area contributed by atoms with Gasteiger partial charge in [0.2, 0.25) is 12.6 Å². The average molecular weight is 853 g/mol. The van der Waals surface area contributed by atoms with Crippen LogP contribution >= 0.6 is 0 Å². The number of nitrogens with zero attached hydrogens (tertiary/aromatic N) is 4. The molecular weight excluding hydrogens is 793 g/mol. The normalized spacial score (nSPS) is 14.8. The summed E-state index contributed by atoms with van der Waals surface area (Å²) in [6.07, 6.45) is 20.3. The van der Waals surface area contributed by atoms with E-state index in [0.717, 1.165) is 111 Å². The summed E-state index contributed by atoms with van der Waals surface area (Å²) in [6.45, 7) is 10.2. The van der Waals surface area contributed by atoms with Crippen LogP contribution in [-0.4, -0.2) is 84.1 Å². The molecule has 0 amide bonds. The fourth-order valence-corrected chi connectivity index (χ4v) is 6.32. The first-order chi connectivity index (χ1) is 30.5. The summed E-state index contributed by atoms with van der Waals surface area (Å²) >= 11 is 0. The third-order valence-electron chi connectivity index (χ3n) is 9.77. The van der Waals surface area contributed by atoms with Gasteiger partial charge in [-0.1, -0.05) is 64.5 Å². The van der Waals surface area contributed by atoms with Crippen LogP contribution < -0.4 is 9.47 Å². The van der Waals surface area contributed by atoms with E-state index in [-0.39, 0.29) is 25.2 Å². The highest BCUT2D eigenvalue weighted by Gasteiger charge is 2.29. The molecule has 1 saturated heterocycles. The number of unbranched alkanes of at least 4 members (excludes halogenated alkanes) is 10. The van der Waals surface area contributed by atoms with Crippen molar-refractivity contribution in [1.29, 1.82) is 0 Å². The predicted octanol–water partition coefficient (Wildman–Crippen LogP) is 8.93. The van der Waals surface area contributed by atoms with Gasteiger partial charge in [-0.05, 0) is 74.2 Å². The first kappa shape index (κ1) is 47.5. The third kappa shape index (κ3) is 17.8. The number of benzene rings is 2. The number of carbonyl (C=O) groups is 2. The van der Waals surface area contributed by atoms with E-state index in [1.807, 2.05) is 48.5 Å². The topological polar surface area (TPSA) is 160 Å². The van der Waals surface area contributed by atoms with Crippen LogP contribution in [0.2, 0.25) is 0 Å². The zero-order valence-electron chi connectivity index (χ0n) is 35.7. The summed E-state index contributed by atoms with van der Waals surface area (Å²) in [5.74, 6) is 2.09. The zero-order valence-corrected chi connectivity index (χ0v) is 35.7. The maximum absolute atomic E-state index is 11.1. The Morgan fingerprint density at radius 3 is 1.21 bits per heavy atom. The highest BCUT2D eigenvalue weighted by Crippen LogP contribution is 2.23. The Morgan fingerprint density at radius 2 is 0.855 bits per heavy atom. The van der Waals surface area contributed by atoms with Gasteiger partial charge in [0.25, 0.3) is 0 Å². The summed E-state index contributed by atoms with van der Waals surface area (Å²) in [5, 5.41) is 0. The van der Waals surface area contributed by atoms with Crippen molar-refractivity contribution >= 4 is 11.9 Å². The first-order valence-corrected chi connectivity index (χ1v) is 21.6. The Kier molecular flexibility index (Phi) is 21.6. The third-order valence-corrected chi connectivity index (χ3v) is 9.77. The summed E-state index contributed by atoms with van der Waals surface area (Å²) < 4.78 is 45.6. The fraction of sp³-hybridized carbons (Fsp3) is 0.458. The van der Waals surface area contributed by atoms with Crippen LogP contribution in [0.5, 0.6) is 11.5 Å². The van der Waals surface area contributed by atoms with Crippen molar-refractivity contribution < 1.29 is 47.5 Å². The van der Waals surface area contributed by atoms with E-state index in [4.69, 9.17) is 37.9 Å². The molecule has 62 heavy (non-hydrogen) atoms. The van der Waals surface area contributed by atoms with E-state index in [0.29, 0.717) is 51.3 Å². The van der Waals surface area contributed by atoms with Crippen LogP contribution in [-0.2, 0) is 51.2 Å². The highest BCUT2D eigenvalue weighted by molar-refractivity contribution is 5.81.